The zero-order chi connectivity index (χ0) is 19.1. The van der Waals surface area contributed by atoms with Gasteiger partial charge in [0.25, 0.3) is 0 Å². The number of aliphatic hydroxyl groups is 4. The van der Waals surface area contributed by atoms with Crippen LogP contribution in [0, 0.1) is 0 Å². The molecular weight excluding hydrogens is 344 g/mol. The highest BCUT2D eigenvalue weighted by Crippen LogP contribution is 2.27. The molecule has 0 amide bonds. The van der Waals surface area contributed by atoms with E-state index >= 15 is 0 Å². The summed E-state index contributed by atoms with van der Waals surface area (Å²) in [6.07, 6.45) is -0.414. The van der Waals surface area contributed by atoms with Crippen molar-refractivity contribution in [1.29, 1.82) is 0 Å². The van der Waals surface area contributed by atoms with Gasteiger partial charge in [-0.15, -0.1) is 0 Å². The number of cyclic esters (lactones) is 1. The van der Waals surface area contributed by atoms with Gasteiger partial charge in [0.15, 0.2) is 6.29 Å². The van der Waals surface area contributed by atoms with Crippen LogP contribution in [0.2, 0.25) is 0 Å². The fourth-order valence-electron chi connectivity index (χ4n) is 3.43. The van der Waals surface area contributed by atoms with E-state index in [4.69, 9.17) is 14.2 Å². The molecule has 0 radical (unpaired) electrons. The van der Waals surface area contributed by atoms with Crippen LogP contribution < -0.4 is 0 Å². The summed E-state index contributed by atoms with van der Waals surface area (Å²) in [6, 6.07) is 0. The summed E-state index contributed by atoms with van der Waals surface area (Å²) in [5, 5.41) is 39.2. The zero-order valence-electron chi connectivity index (χ0n) is 15.3. The minimum Gasteiger partial charge on any atom is -0.462 e. The topological polar surface area (TPSA) is 126 Å². The summed E-state index contributed by atoms with van der Waals surface area (Å²) >= 11 is 0. The molecule has 2 fully saturated rings. The van der Waals surface area contributed by atoms with Crippen molar-refractivity contribution in [2.45, 2.75) is 101 Å². The summed E-state index contributed by atoms with van der Waals surface area (Å²) < 4.78 is 16.6. The number of carbonyl (C=O) groups is 1. The van der Waals surface area contributed by atoms with E-state index < -0.39 is 37.3 Å². The Labute approximate surface area is 154 Å². The molecule has 0 aromatic heterocycles. The van der Waals surface area contributed by atoms with E-state index in [0.717, 1.165) is 25.7 Å². The molecule has 2 aliphatic rings. The quantitative estimate of drug-likeness (QED) is 0.316. The van der Waals surface area contributed by atoms with Gasteiger partial charge in [-0.2, -0.15) is 0 Å². The second kappa shape index (κ2) is 10.5. The Bertz CT molecular complexity index is 429. The first-order valence-electron chi connectivity index (χ1n) is 9.61. The SMILES string of the molecule is CCCCCC(CCC1CCC(=O)O1)O[C@@H]1O[C@H](CO)[C@@H](O)[C@H](O)[C@H]1O. The zero-order valence-corrected chi connectivity index (χ0v) is 15.3. The van der Waals surface area contributed by atoms with Gasteiger partial charge in [-0.25, -0.2) is 0 Å². The summed E-state index contributed by atoms with van der Waals surface area (Å²) in [4.78, 5) is 11.2. The molecule has 8 heteroatoms. The van der Waals surface area contributed by atoms with Crippen molar-refractivity contribution in [3.05, 3.63) is 0 Å². The Morgan fingerprint density at radius 1 is 1.15 bits per heavy atom. The number of esters is 1. The molecule has 0 aromatic carbocycles. The van der Waals surface area contributed by atoms with E-state index in [1.54, 1.807) is 0 Å². The first kappa shape index (κ1) is 21.5. The van der Waals surface area contributed by atoms with E-state index in [9.17, 15) is 25.2 Å². The number of hydrogen-bond donors (Lipinski definition) is 4. The van der Waals surface area contributed by atoms with E-state index in [0.29, 0.717) is 25.7 Å². The monoisotopic (exact) mass is 376 g/mol. The molecule has 2 aliphatic heterocycles. The highest BCUT2D eigenvalue weighted by molar-refractivity contribution is 5.71. The van der Waals surface area contributed by atoms with Crippen LogP contribution in [0.4, 0.5) is 0 Å². The maximum atomic E-state index is 11.2. The van der Waals surface area contributed by atoms with Crippen molar-refractivity contribution < 1.29 is 39.4 Å². The molecule has 2 heterocycles. The van der Waals surface area contributed by atoms with Crippen LogP contribution in [0.5, 0.6) is 0 Å². The molecule has 2 saturated heterocycles. The molecule has 4 N–H and O–H groups in total. The number of aliphatic hydroxyl groups excluding tert-OH is 4. The van der Waals surface area contributed by atoms with Crippen molar-refractivity contribution >= 4 is 5.97 Å². The lowest BCUT2D eigenvalue weighted by Crippen LogP contribution is -2.59. The minimum absolute atomic E-state index is 0.102. The lowest BCUT2D eigenvalue weighted by molar-refractivity contribution is -0.312. The number of ether oxygens (including phenoxy) is 3. The van der Waals surface area contributed by atoms with Crippen LogP contribution in [0.1, 0.15) is 58.3 Å². The Morgan fingerprint density at radius 2 is 1.92 bits per heavy atom. The van der Waals surface area contributed by atoms with Crippen LogP contribution in [-0.4, -0.2) is 75.9 Å². The normalized spacial score (nSPS) is 36.1. The first-order chi connectivity index (χ1) is 12.5. The van der Waals surface area contributed by atoms with Gasteiger partial charge >= 0.3 is 5.97 Å². The molecule has 152 valence electrons. The standard InChI is InChI=1S/C18H32O8/c1-2-3-4-5-11(6-7-12-8-9-14(20)24-12)25-18-17(23)16(22)15(21)13(10-19)26-18/h11-13,15-19,21-23H,2-10H2,1H3/t11?,12?,13-,15-,16+,17-,18-/m1/s1. The van der Waals surface area contributed by atoms with Crippen molar-refractivity contribution in [2.24, 2.45) is 0 Å². The number of rotatable bonds is 10. The third-order valence-corrected chi connectivity index (χ3v) is 5.08. The average molecular weight is 376 g/mol. The van der Waals surface area contributed by atoms with Crippen LogP contribution in [0.25, 0.3) is 0 Å². The summed E-state index contributed by atoms with van der Waals surface area (Å²) in [6.45, 7) is 1.62. The number of unbranched alkanes of at least 4 members (excludes halogenated alkanes) is 2. The van der Waals surface area contributed by atoms with E-state index in [2.05, 4.69) is 6.92 Å². The maximum absolute atomic E-state index is 11.2. The molecule has 0 spiro atoms. The highest BCUT2D eigenvalue weighted by Gasteiger charge is 2.44. The van der Waals surface area contributed by atoms with Crippen LogP contribution in [-0.2, 0) is 19.0 Å². The second-order valence-corrected chi connectivity index (χ2v) is 7.18. The van der Waals surface area contributed by atoms with Gasteiger partial charge in [0.1, 0.15) is 30.5 Å². The van der Waals surface area contributed by atoms with Gasteiger partial charge in [0.2, 0.25) is 0 Å². The molecule has 0 bridgehead atoms. The first-order valence-corrected chi connectivity index (χ1v) is 9.61. The fraction of sp³-hybridized carbons (Fsp3) is 0.944. The minimum atomic E-state index is -1.45. The van der Waals surface area contributed by atoms with E-state index in [-0.39, 0.29) is 18.2 Å². The van der Waals surface area contributed by atoms with Gasteiger partial charge in [0.05, 0.1) is 12.7 Å². The van der Waals surface area contributed by atoms with Crippen molar-refractivity contribution in [2.75, 3.05) is 6.61 Å². The number of carbonyl (C=O) groups excluding carboxylic acids is 1. The predicted octanol–water partition coefficient (Wildman–Crippen LogP) is 0.238. The van der Waals surface area contributed by atoms with Gasteiger partial charge in [-0.3, -0.25) is 4.79 Å². The molecule has 2 rings (SSSR count). The van der Waals surface area contributed by atoms with E-state index in [1.807, 2.05) is 0 Å². The second-order valence-electron chi connectivity index (χ2n) is 7.18. The van der Waals surface area contributed by atoms with Crippen molar-refractivity contribution in [3.8, 4) is 0 Å². The van der Waals surface area contributed by atoms with Gasteiger partial charge in [-0.05, 0) is 25.7 Å². The van der Waals surface area contributed by atoms with Crippen LogP contribution >= 0.6 is 0 Å². The van der Waals surface area contributed by atoms with Crippen LogP contribution in [0.15, 0.2) is 0 Å². The molecule has 8 nitrogen and oxygen atoms in total. The van der Waals surface area contributed by atoms with Crippen molar-refractivity contribution in [1.82, 2.24) is 0 Å². The lowest BCUT2D eigenvalue weighted by Gasteiger charge is -2.41. The third-order valence-electron chi connectivity index (χ3n) is 5.08. The summed E-state index contributed by atoms with van der Waals surface area (Å²) in [7, 11) is 0. The van der Waals surface area contributed by atoms with Crippen LogP contribution in [0.3, 0.4) is 0 Å². The fourth-order valence-corrected chi connectivity index (χ4v) is 3.43. The van der Waals surface area contributed by atoms with Gasteiger partial charge in [0, 0.05) is 6.42 Å². The molecule has 7 atom stereocenters. The number of hydrogen-bond acceptors (Lipinski definition) is 8. The largest absolute Gasteiger partial charge is 0.462 e. The average Bonchev–Trinajstić information content (AvgIpc) is 3.05. The van der Waals surface area contributed by atoms with Gasteiger partial charge in [-0.1, -0.05) is 26.2 Å². The molecule has 0 aliphatic carbocycles. The smallest absolute Gasteiger partial charge is 0.306 e. The predicted molar refractivity (Wildman–Crippen MR) is 91.1 cm³/mol. The Balaban J connectivity index is 1.91. The maximum Gasteiger partial charge on any atom is 0.306 e. The van der Waals surface area contributed by atoms with E-state index in [1.165, 1.54) is 0 Å². The lowest BCUT2D eigenvalue weighted by atomic mass is 9.98. The molecule has 2 unspecified atom stereocenters. The third kappa shape index (κ3) is 5.87. The summed E-state index contributed by atoms with van der Waals surface area (Å²) in [5.74, 6) is -0.174. The molecule has 26 heavy (non-hydrogen) atoms. The Hall–Kier alpha value is -0.770. The van der Waals surface area contributed by atoms with Crippen molar-refractivity contribution in [3.63, 3.8) is 0 Å². The highest BCUT2D eigenvalue weighted by atomic mass is 16.7. The Kier molecular flexibility index (Phi) is 8.72. The summed E-state index contributed by atoms with van der Waals surface area (Å²) in [5.41, 5.74) is 0. The Morgan fingerprint density at radius 3 is 2.54 bits per heavy atom. The molecular formula is C18H32O8. The molecule has 0 saturated carbocycles. The van der Waals surface area contributed by atoms with Gasteiger partial charge < -0.3 is 34.6 Å². The molecule has 0 aromatic rings.